The highest BCUT2D eigenvalue weighted by molar-refractivity contribution is 5.91. The Kier molecular flexibility index (Phi) is 3.06. The molecule has 0 radical (unpaired) electrons. The number of nitrogens with zero attached hydrogens (tertiary/aromatic N) is 1. The fourth-order valence-corrected chi connectivity index (χ4v) is 1.16. The van der Waals surface area contributed by atoms with Crippen molar-refractivity contribution in [2.75, 3.05) is 5.01 Å². The quantitative estimate of drug-likeness (QED) is 0.347. The number of carbonyl (C=O) groups excluding carboxylic acids is 1. The molecule has 0 atom stereocenters. The highest BCUT2D eigenvalue weighted by Crippen LogP contribution is 2.18. The first-order valence-corrected chi connectivity index (χ1v) is 4.19. The molecule has 0 aliphatic heterocycles. The summed E-state index contributed by atoms with van der Waals surface area (Å²) in [5.41, 5.74) is 4.57. The van der Waals surface area contributed by atoms with Gasteiger partial charge in [0, 0.05) is 0 Å². The van der Waals surface area contributed by atoms with Crippen LogP contribution in [-0.2, 0) is 0 Å². The van der Waals surface area contributed by atoms with E-state index in [4.69, 9.17) is 11.7 Å². The maximum absolute atomic E-state index is 11.1. The standard InChI is InChI=1S/C9H14N4O/c1-6-3-4-7(2)8(5-6)13(11)9(14)12-10/h3-5H,10-11H2,1-2H3,(H,12,14). The molecule has 0 unspecified atom stereocenters. The van der Waals surface area contributed by atoms with Crippen molar-refractivity contribution in [2.45, 2.75) is 13.8 Å². The Labute approximate surface area is 82.6 Å². The van der Waals surface area contributed by atoms with Crippen LogP contribution < -0.4 is 22.1 Å². The van der Waals surface area contributed by atoms with E-state index in [1.54, 1.807) is 0 Å². The summed E-state index contributed by atoms with van der Waals surface area (Å²) in [5.74, 6) is 10.5. The fourth-order valence-electron chi connectivity index (χ4n) is 1.16. The van der Waals surface area contributed by atoms with Gasteiger partial charge in [0.25, 0.3) is 0 Å². The fraction of sp³-hybridized carbons (Fsp3) is 0.222. The van der Waals surface area contributed by atoms with Crippen molar-refractivity contribution in [3.8, 4) is 0 Å². The molecule has 0 bridgehead atoms. The number of urea groups is 1. The Morgan fingerprint density at radius 2 is 2.07 bits per heavy atom. The molecule has 1 aromatic rings. The topological polar surface area (TPSA) is 84.4 Å². The Hall–Kier alpha value is -1.59. The molecule has 1 aromatic carbocycles. The summed E-state index contributed by atoms with van der Waals surface area (Å²) in [6.45, 7) is 3.80. The maximum Gasteiger partial charge on any atom is 0.350 e. The number of anilines is 1. The molecule has 5 nitrogen and oxygen atoms in total. The van der Waals surface area contributed by atoms with Crippen molar-refractivity contribution >= 4 is 11.7 Å². The van der Waals surface area contributed by atoms with Crippen LogP contribution in [0, 0.1) is 13.8 Å². The molecule has 0 saturated carbocycles. The van der Waals surface area contributed by atoms with Crippen molar-refractivity contribution in [3.05, 3.63) is 29.3 Å². The van der Waals surface area contributed by atoms with Crippen LogP contribution in [0.2, 0.25) is 0 Å². The third-order valence-corrected chi connectivity index (χ3v) is 1.97. The van der Waals surface area contributed by atoms with Crippen LogP contribution in [0.3, 0.4) is 0 Å². The summed E-state index contributed by atoms with van der Waals surface area (Å²) in [4.78, 5) is 11.1. The molecule has 14 heavy (non-hydrogen) atoms. The lowest BCUT2D eigenvalue weighted by Gasteiger charge is -2.18. The molecule has 0 saturated heterocycles. The van der Waals surface area contributed by atoms with Crippen LogP contribution in [0.25, 0.3) is 0 Å². The second kappa shape index (κ2) is 4.08. The van der Waals surface area contributed by atoms with Crippen LogP contribution in [0.5, 0.6) is 0 Å². The Bertz CT molecular complexity index is 351. The Morgan fingerprint density at radius 1 is 1.43 bits per heavy atom. The lowest BCUT2D eigenvalue weighted by molar-refractivity contribution is 0.246. The van der Waals surface area contributed by atoms with Gasteiger partial charge in [-0.1, -0.05) is 12.1 Å². The van der Waals surface area contributed by atoms with Gasteiger partial charge in [0.15, 0.2) is 0 Å². The molecule has 0 aliphatic carbocycles. The summed E-state index contributed by atoms with van der Waals surface area (Å²) < 4.78 is 0. The van der Waals surface area contributed by atoms with Crippen LogP contribution in [-0.4, -0.2) is 6.03 Å². The second-order valence-electron chi connectivity index (χ2n) is 3.11. The van der Waals surface area contributed by atoms with Crippen LogP contribution in [0.1, 0.15) is 11.1 Å². The summed E-state index contributed by atoms with van der Waals surface area (Å²) in [5, 5.41) is 0.988. The Balaban J connectivity index is 3.05. The van der Waals surface area contributed by atoms with Gasteiger partial charge < -0.3 is 0 Å². The minimum Gasteiger partial charge on any atom is -0.274 e. The number of aryl methyl sites for hydroxylation is 2. The number of amides is 2. The van der Waals surface area contributed by atoms with E-state index >= 15 is 0 Å². The van der Waals surface area contributed by atoms with Gasteiger partial charge in [-0.15, -0.1) is 0 Å². The van der Waals surface area contributed by atoms with Gasteiger partial charge in [-0.25, -0.2) is 21.5 Å². The van der Waals surface area contributed by atoms with Crippen molar-refractivity contribution in [2.24, 2.45) is 11.7 Å². The van der Waals surface area contributed by atoms with Gasteiger partial charge in [0.05, 0.1) is 5.69 Å². The third kappa shape index (κ3) is 2.01. The molecule has 0 aliphatic rings. The molecule has 0 spiro atoms. The molecule has 0 fully saturated rings. The Morgan fingerprint density at radius 3 is 2.64 bits per heavy atom. The zero-order valence-corrected chi connectivity index (χ0v) is 8.24. The lowest BCUT2D eigenvalue weighted by Crippen LogP contribution is -2.47. The number of hydrazine groups is 2. The zero-order valence-electron chi connectivity index (χ0n) is 8.24. The molecule has 0 heterocycles. The van der Waals surface area contributed by atoms with Crippen molar-refractivity contribution in [1.29, 1.82) is 0 Å². The summed E-state index contributed by atoms with van der Waals surface area (Å²) in [6, 6.07) is 5.13. The molecule has 1 rings (SSSR count). The second-order valence-corrected chi connectivity index (χ2v) is 3.11. The normalized spacial score (nSPS) is 9.71. The summed E-state index contributed by atoms with van der Waals surface area (Å²) in [6.07, 6.45) is 0. The predicted octanol–water partition coefficient (Wildman–Crippen LogP) is 0.567. The van der Waals surface area contributed by atoms with E-state index in [1.165, 1.54) is 0 Å². The molecule has 2 amide bonds. The van der Waals surface area contributed by atoms with Crippen molar-refractivity contribution < 1.29 is 4.79 Å². The van der Waals surface area contributed by atoms with Crippen molar-refractivity contribution in [1.82, 2.24) is 5.43 Å². The summed E-state index contributed by atoms with van der Waals surface area (Å²) >= 11 is 0. The van der Waals surface area contributed by atoms with Crippen LogP contribution in [0.15, 0.2) is 18.2 Å². The van der Waals surface area contributed by atoms with E-state index in [9.17, 15) is 4.79 Å². The number of rotatable bonds is 1. The minimum atomic E-state index is -0.543. The molecule has 5 heteroatoms. The molecule has 0 aromatic heterocycles. The SMILES string of the molecule is Cc1ccc(C)c(N(N)C(=O)NN)c1. The molecule has 5 N–H and O–H groups in total. The summed E-state index contributed by atoms with van der Waals surface area (Å²) in [7, 11) is 0. The van der Waals surface area contributed by atoms with E-state index < -0.39 is 6.03 Å². The van der Waals surface area contributed by atoms with Crippen molar-refractivity contribution in [3.63, 3.8) is 0 Å². The van der Waals surface area contributed by atoms with E-state index in [-0.39, 0.29) is 0 Å². The third-order valence-electron chi connectivity index (χ3n) is 1.97. The average Bonchev–Trinajstić information content (AvgIpc) is 2.19. The number of carbonyl (C=O) groups is 1. The number of nitrogens with two attached hydrogens (primary N) is 2. The van der Waals surface area contributed by atoms with E-state index in [0.29, 0.717) is 5.69 Å². The first-order valence-electron chi connectivity index (χ1n) is 4.19. The highest BCUT2D eigenvalue weighted by Gasteiger charge is 2.11. The van der Waals surface area contributed by atoms with Crippen LogP contribution in [0.4, 0.5) is 10.5 Å². The van der Waals surface area contributed by atoms with E-state index in [2.05, 4.69) is 0 Å². The maximum atomic E-state index is 11.1. The van der Waals surface area contributed by atoms with Gasteiger partial charge in [-0.3, -0.25) is 5.43 Å². The van der Waals surface area contributed by atoms with Gasteiger partial charge in [-0.2, -0.15) is 0 Å². The molecular formula is C9H14N4O. The van der Waals surface area contributed by atoms with E-state index in [0.717, 1.165) is 16.1 Å². The first-order chi connectivity index (χ1) is 6.56. The number of benzene rings is 1. The van der Waals surface area contributed by atoms with Gasteiger partial charge in [0.1, 0.15) is 0 Å². The number of nitrogens with one attached hydrogen (secondary N) is 1. The minimum absolute atomic E-state index is 0.543. The predicted molar refractivity (Wildman–Crippen MR) is 55.3 cm³/mol. The lowest BCUT2D eigenvalue weighted by atomic mass is 10.1. The van der Waals surface area contributed by atoms with E-state index in [1.807, 2.05) is 37.5 Å². The van der Waals surface area contributed by atoms with Gasteiger partial charge >= 0.3 is 6.03 Å². The number of hydrogen-bond acceptors (Lipinski definition) is 3. The van der Waals surface area contributed by atoms with Gasteiger partial charge in [0.2, 0.25) is 0 Å². The molecule has 76 valence electrons. The first kappa shape index (κ1) is 10.5. The monoisotopic (exact) mass is 194 g/mol. The van der Waals surface area contributed by atoms with Gasteiger partial charge in [-0.05, 0) is 31.0 Å². The largest absolute Gasteiger partial charge is 0.350 e. The zero-order chi connectivity index (χ0) is 10.7. The average molecular weight is 194 g/mol. The molecular weight excluding hydrogens is 180 g/mol. The number of hydrogen-bond donors (Lipinski definition) is 3. The highest BCUT2D eigenvalue weighted by atomic mass is 16.2. The smallest absolute Gasteiger partial charge is 0.274 e. The van der Waals surface area contributed by atoms with Crippen LogP contribution >= 0.6 is 0 Å².